The quantitative estimate of drug-likeness (QED) is 0.822. The summed E-state index contributed by atoms with van der Waals surface area (Å²) in [5.74, 6) is 0. The molecule has 0 bridgehead atoms. The van der Waals surface area contributed by atoms with Crippen LogP contribution in [0.5, 0.6) is 0 Å². The Morgan fingerprint density at radius 2 is 2.05 bits per heavy atom. The summed E-state index contributed by atoms with van der Waals surface area (Å²) in [6.07, 6.45) is 10.2. The van der Waals surface area contributed by atoms with E-state index in [1.165, 1.54) is 12.8 Å². The van der Waals surface area contributed by atoms with Crippen LogP contribution in [0.1, 0.15) is 57.1 Å². The van der Waals surface area contributed by atoms with E-state index in [1.807, 2.05) is 18.3 Å². The van der Waals surface area contributed by atoms with Crippen molar-refractivity contribution in [2.45, 2.75) is 62.4 Å². The summed E-state index contributed by atoms with van der Waals surface area (Å²) in [6, 6.07) is 8.49. The molecule has 3 rings (SSSR count). The van der Waals surface area contributed by atoms with Gasteiger partial charge in [-0.05, 0) is 44.2 Å². The van der Waals surface area contributed by atoms with E-state index in [4.69, 9.17) is 4.74 Å². The third-order valence-electron chi connectivity index (χ3n) is 5.01. The minimum absolute atomic E-state index is 0.00483. The first kappa shape index (κ1) is 13.6. The van der Waals surface area contributed by atoms with E-state index in [1.54, 1.807) is 0 Å². The molecule has 2 fully saturated rings. The second-order valence-corrected chi connectivity index (χ2v) is 6.35. The molecule has 1 unspecified atom stereocenters. The topological polar surface area (TPSA) is 45.9 Å². The predicted molar refractivity (Wildman–Crippen MR) is 77.1 cm³/mol. The third-order valence-corrected chi connectivity index (χ3v) is 5.01. The van der Waals surface area contributed by atoms with Gasteiger partial charge in [-0.25, -0.2) is 0 Å². The Morgan fingerprint density at radius 1 is 1.20 bits per heavy atom. The average molecular weight is 270 g/mol. The van der Waals surface area contributed by atoms with Crippen molar-refractivity contribution < 1.29 is 4.74 Å². The minimum atomic E-state index is -0.114. The van der Waals surface area contributed by atoms with Crippen molar-refractivity contribution in [1.29, 1.82) is 5.26 Å². The highest BCUT2D eigenvalue weighted by Gasteiger charge is 2.46. The van der Waals surface area contributed by atoms with Gasteiger partial charge in [-0.15, -0.1) is 0 Å². The Kier molecular flexibility index (Phi) is 3.76. The van der Waals surface area contributed by atoms with Crippen molar-refractivity contribution in [3.63, 3.8) is 0 Å². The number of nitrogens with zero attached hydrogens (tertiary/aromatic N) is 2. The van der Waals surface area contributed by atoms with E-state index in [2.05, 4.69) is 17.1 Å². The Labute approximate surface area is 121 Å². The van der Waals surface area contributed by atoms with Crippen molar-refractivity contribution in [1.82, 2.24) is 4.98 Å². The van der Waals surface area contributed by atoms with Crippen LogP contribution < -0.4 is 0 Å². The van der Waals surface area contributed by atoms with Gasteiger partial charge in [-0.3, -0.25) is 4.98 Å². The van der Waals surface area contributed by atoms with E-state index >= 15 is 0 Å². The first-order valence-corrected chi connectivity index (χ1v) is 7.71. The molecule has 1 aliphatic carbocycles. The lowest BCUT2D eigenvalue weighted by Crippen LogP contribution is -2.38. The van der Waals surface area contributed by atoms with Crippen molar-refractivity contribution in [3.05, 3.63) is 30.1 Å². The molecule has 1 atom stereocenters. The van der Waals surface area contributed by atoms with Crippen molar-refractivity contribution in [3.8, 4) is 6.07 Å². The molecular weight excluding hydrogens is 248 g/mol. The first-order valence-electron chi connectivity index (χ1n) is 7.71. The number of hydrogen-bond acceptors (Lipinski definition) is 3. The largest absolute Gasteiger partial charge is 0.375 e. The van der Waals surface area contributed by atoms with Crippen LogP contribution in [-0.2, 0) is 10.2 Å². The van der Waals surface area contributed by atoms with Crippen LogP contribution in [0.3, 0.4) is 0 Å². The minimum Gasteiger partial charge on any atom is -0.375 e. The lowest BCUT2D eigenvalue weighted by Gasteiger charge is -2.37. The molecule has 1 aromatic rings. The molecule has 1 aliphatic heterocycles. The van der Waals surface area contributed by atoms with Gasteiger partial charge in [0.15, 0.2) is 0 Å². The molecule has 0 aromatic carbocycles. The molecule has 0 N–H and O–H groups in total. The highest BCUT2D eigenvalue weighted by molar-refractivity contribution is 5.21. The molecular formula is C17H22N2O. The van der Waals surface area contributed by atoms with Gasteiger partial charge in [0.05, 0.1) is 11.7 Å². The zero-order chi connectivity index (χ0) is 13.9. The Hall–Kier alpha value is -1.40. The van der Waals surface area contributed by atoms with Crippen LogP contribution in [0, 0.1) is 11.3 Å². The molecule has 3 nitrogen and oxygen atoms in total. The summed E-state index contributed by atoms with van der Waals surface area (Å²) >= 11 is 0. The van der Waals surface area contributed by atoms with Gasteiger partial charge in [0.25, 0.3) is 0 Å². The lowest BCUT2D eigenvalue weighted by molar-refractivity contribution is -0.0452. The molecule has 2 aliphatic rings. The second-order valence-electron chi connectivity index (χ2n) is 6.35. The smallest absolute Gasteiger partial charge is 0.0692 e. The summed E-state index contributed by atoms with van der Waals surface area (Å²) in [5, 5.41) is 9.35. The molecule has 0 radical (unpaired) electrons. The van der Waals surface area contributed by atoms with Crippen LogP contribution in [0.2, 0.25) is 0 Å². The van der Waals surface area contributed by atoms with Crippen molar-refractivity contribution in [2.75, 3.05) is 6.61 Å². The molecule has 1 spiro atoms. The second kappa shape index (κ2) is 5.54. The Bertz CT molecular complexity index is 487. The molecule has 1 aromatic heterocycles. The van der Waals surface area contributed by atoms with Crippen molar-refractivity contribution in [2.24, 2.45) is 0 Å². The molecule has 20 heavy (non-hydrogen) atoms. The van der Waals surface area contributed by atoms with E-state index in [0.717, 1.165) is 44.4 Å². The summed E-state index contributed by atoms with van der Waals surface area (Å²) in [6.45, 7) is 0.833. The summed E-state index contributed by atoms with van der Waals surface area (Å²) < 4.78 is 6.24. The fraction of sp³-hybridized carbons (Fsp3) is 0.647. The van der Waals surface area contributed by atoms with Crippen LogP contribution >= 0.6 is 0 Å². The van der Waals surface area contributed by atoms with Crippen LogP contribution in [0.15, 0.2) is 24.4 Å². The Balaban J connectivity index is 1.98. The lowest BCUT2D eigenvalue weighted by atomic mass is 9.70. The van der Waals surface area contributed by atoms with Crippen LogP contribution in [0.25, 0.3) is 0 Å². The van der Waals surface area contributed by atoms with Gasteiger partial charge in [-0.2, -0.15) is 5.26 Å². The molecule has 106 valence electrons. The molecule has 0 amide bonds. The first-order chi connectivity index (χ1) is 9.79. The number of pyridine rings is 1. The fourth-order valence-electron chi connectivity index (χ4n) is 4.08. The maximum absolute atomic E-state index is 9.35. The van der Waals surface area contributed by atoms with Gasteiger partial charge in [0, 0.05) is 30.3 Å². The van der Waals surface area contributed by atoms with E-state index < -0.39 is 0 Å². The summed E-state index contributed by atoms with van der Waals surface area (Å²) in [5.41, 5.74) is 0.972. The maximum atomic E-state index is 9.35. The molecule has 1 saturated carbocycles. The van der Waals surface area contributed by atoms with E-state index in [0.29, 0.717) is 6.42 Å². The number of nitriles is 1. The highest BCUT2D eigenvalue weighted by atomic mass is 16.5. The number of aromatic nitrogens is 1. The molecule has 3 heteroatoms. The standard InChI is InChI=1S/C17H22N2O/c18-11-10-16(15-6-1-4-12-19-15)7-5-13-20-17(14-16)8-2-3-9-17/h1,4,6,12H,2-3,5,7-10,13-14H2. The predicted octanol–water partition coefficient (Wildman–Crippen LogP) is 3.75. The normalized spacial score (nSPS) is 28.9. The van der Waals surface area contributed by atoms with Crippen molar-refractivity contribution >= 4 is 0 Å². The van der Waals surface area contributed by atoms with E-state index in [9.17, 15) is 5.26 Å². The monoisotopic (exact) mass is 270 g/mol. The van der Waals surface area contributed by atoms with E-state index in [-0.39, 0.29) is 11.0 Å². The summed E-state index contributed by atoms with van der Waals surface area (Å²) in [4.78, 5) is 4.58. The Morgan fingerprint density at radius 3 is 2.75 bits per heavy atom. The van der Waals surface area contributed by atoms with Crippen LogP contribution in [0.4, 0.5) is 0 Å². The maximum Gasteiger partial charge on any atom is 0.0692 e. The third kappa shape index (κ3) is 2.45. The SMILES string of the molecule is N#CCC1(c2ccccn2)CCCOC2(CCCC2)C1. The molecule has 1 saturated heterocycles. The highest BCUT2D eigenvalue weighted by Crippen LogP contribution is 2.48. The fourth-order valence-corrected chi connectivity index (χ4v) is 4.08. The van der Waals surface area contributed by atoms with Gasteiger partial charge in [-0.1, -0.05) is 18.9 Å². The number of rotatable bonds is 2. The zero-order valence-corrected chi connectivity index (χ0v) is 12.0. The number of ether oxygens (including phenoxy) is 1. The average Bonchev–Trinajstić information content (AvgIpc) is 2.84. The van der Waals surface area contributed by atoms with Gasteiger partial charge in [0.2, 0.25) is 0 Å². The van der Waals surface area contributed by atoms with Gasteiger partial charge < -0.3 is 4.74 Å². The number of hydrogen-bond donors (Lipinski definition) is 0. The zero-order valence-electron chi connectivity index (χ0n) is 12.0. The summed E-state index contributed by atoms with van der Waals surface area (Å²) in [7, 11) is 0. The van der Waals surface area contributed by atoms with Gasteiger partial charge >= 0.3 is 0 Å². The van der Waals surface area contributed by atoms with Gasteiger partial charge in [0.1, 0.15) is 0 Å². The molecule has 2 heterocycles. The van der Waals surface area contributed by atoms with Crippen LogP contribution in [-0.4, -0.2) is 17.2 Å².